The highest BCUT2D eigenvalue weighted by Crippen LogP contribution is 2.19. The summed E-state index contributed by atoms with van der Waals surface area (Å²) in [6.07, 6.45) is 1.52. The van der Waals surface area contributed by atoms with Crippen LogP contribution in [0.2, 0.25) is 10.2 Å². The summed E-state index contributed by atoms with van der Waals surface area (Å²) in [4.78, 5) is 16.1. The summed E-state index contributed by atoms with van der Waals surface area (Å²) in [6, 6.07) is 6.97. The minimum Gasteiger partial charge on any atom is -0.321 e. The zero-order valence-electron chi connectivity index (χ0n) is 10.5. The maximum absolute atomic E-state index is 12.2. The zero-order valence-corrected chi connectivity index (χ0v) is 12.0. The van der Waals surface area contributed by atoms with Crippen molar-refractivity contribution >= 4 is 34.8 Å². The number of nitrogens with one attached hydrogen (secondary N) is 1. The number of carbonyl (C=O) groups is 1. The summed E-state index contributed by atoms with van der Waals surface area (Å²) >= 11 is 11.7. The van der Waals surface area contributed by atoms with Crippen molar-refractivity contribution in [3.05, 3.63) is 57.3 Å². The Labute approximate surface area is 121 Å². The molecule has 2 rings (SSSR count). The van der Waals surface area contributed by atoms with Crippen molar-refractivity contribution in [1.29, 1.82) is 0 Å². The van der Waals surface area contributed by atoms with Crippen molar-refractivity contribution in [2.75, 3.05) is 5.32 Å². The average molecular weight is 295 g/mol. The Morgan fingerprint density at radius 3 is 2.58 bits per heavy atom. The van der Waals surface area contributed by atoms with Gasteiger partial charge < -0.3 is 5.32 Å². The van der Waals surface area contributed by atoms with Crippen LogP contribution in [0.3, 0.4) is 0 Å². The highest BCUT2D eigenvalue weighted by molar-refractivity contribution is 6.31. The summed E-state index contributed by atoms with van der Waals surface area (Å²) in [5.41, 5.74) is 2.81. The van der Waals surface area contributed by atoms with Crippen LogP contribution in [0.15, 0.2) is 30.5 Å². The number of aryl methyl sites for hydroxylation is 2. The first-order chi connectivity index (χ1) is 8.97. The summed E-state index contributed by atoms with van der Waals surface area (Å²) in [5.74, 6) is -0.219. The third kappa shape index (κ3) is 3.25. The fraction of sp³-hybridized carbons (Fsp3) is 0.143. The second-order valence-electron chi connectivity index (χ2n) is 4.25. The van der Waals surface area contributed by atoms with Crippen LogP contribution >= 0.6 is 23.2 Å². The van der Waals surface area contributed by atoms with E-state index in [9.17, 15) is 4.79 Å². The highest BCUT2D eigenvalue weighted by Gasteiger charge is 2.10. The van der Waals surface area contributed by atoms with E-state index in [0.717, 1.165) is 11.1 Å². The van der Waals surface area contributed by atoms with E-state index >= 15 is 0 Å². The number of anilines is 1. The van der Waals surface area contributed by atoms with Crippen molar-refractivity contribution in [1.82, 2.24) is 4.98 Å². The smallest absolute Gasteiger partial charge is 0.256 e. The highest BCUT2D eigenvalue weighted by atomic mass is 35.5. The Bertz CT molecular complexity index is 641. The third-order valence-corrected chi connectivity index (χ3v) is 3.35. The number of halogens is 2. The van der Waals surface area contributed by atoms with Crippen LogP contribution in [0, 0.1) is 13.8 Å². The molecule has 19 heavy (non-hydrogen) atoms. The fourth-order valence-corrected chi connectivity index (χ4v) is 1.94. The van der Waals surface area contributed by atoms with Crippen LogP contribution in [-0.4, -0.2) is 10.9 Å². The summed E-state index contributed by atoms with van der Waals surface area (Å²) in [5, 5.41) is 3.73. The van der Waals surface area contributed by atoms with E-state index in [2.05, 4.69) is 10.3 Å². The molecule has 0 saturated carbocycles. The van der Waals surface area contributed by atoms with Gasteiger partial charge in [0.25, 0.3) is 5.91 Å². The molecule has 0 aliphatic rings. The molecule has 0 bridgehead atoms. The number of nitrogens with zero attached hydrogens (tertiary/aromatic N) is 1. The number of hydrogen-bond donors (Lipinski definition) is 1. The molecule has 1 amide bonds. The molecule has 1 aromatic heterocycles. The molecule has 0 saturated heterocycles. The van der Waals surface area contributed by atoms with Gasteiger partial charge in [-0.1, -0.05) is 29.3 Å². The summed E-state index contributed by atoms with van der Waals surface area (Å²) in [6.45, 7) is 3.69. The van der Waals surface area contributed by atoms with Gasteiger partial charge in [-0.15, -0.1) is 0 Å². The Morgan fingerprint density at radius 1 is 1.16 bits per heavy atom. The van der Waals surface area contributed by atoms with E-state index in [1.54, 1.807) is 18.2 Å². The van der Waals surface area contributed by atoms with Gasteiger partial charge in [0.1, 0.15) is 5.15 Å². The maximum atomic E-state index is 12.2. The maximum Gasteiger partial charge on any atom is 0.256 e. The molecule has 0 atom stereocenters. The molecule has 0 spiro atoms. The number of benzene rings is 1. The number of hydrogen-bond acceptors (Lipinski definition) is 2. The Morgan fingerprint density at radius 2 is 1.89 bits per heavy atom. The molecule has 5 heteroatoms. The molecule has 1 aromatic carbocycles. The molecule has 0 radical (unpaired) electrons. The third-order valence-electron chi connectivity index (χ3n) is 2.72. The van der Waals surface area contributed by atoms with E-state index in [0.29, 0.717) is 21.4 Å². The van der Waals surface area contributed by atoms with E-state index in [1.807, 2.05) is 19.9 Å². The van der Waals surface area contributed by atoms with Crippen LogP contribution in [0.5, 0.6) is 0 Å². The second-order valence-corrected chi connectivity index (χ2v) is 5.04. The molecule has 0 aliphatic carbocycles. The Kier molecular flexibility index (Phi) is 4.08. The van der Waals surface area contributed by atoms with Crippen LogP contribution in [0.1, 0.15) is 21.5 Å². The molecule has 0 unspecified atom stereocenters. The number of aromatic nitrogens is 1. The minimum atomic E-state index is -0.219. The van der Waals surface area contributed by atoms with Gasteiger partial charge in [-0.05, 0) is 43.2 Å². The predicted molar refractivity (Wildman–Crippen MR) is 78.1 cm³/mol. The fourth-order valence-electron chi connectivity index (χ4n) is 1.66. The molecule has 0 aliphatic heterocycles. The quantitative estimate of drug-likeness (QED) is 0.841. The molecule has 3 nitrogen and oxygen atoms in total. The van der Waals surface area contributed by atoms with Crippen LogP contribution in [0.25, 0.3) is 0 Å². The molecule has 0 fully saturated rings. The number of pyridine rings is 1. The van der Waals surface area contributed by atoms with Crippen LogP contribution < -0.4 is 5.32 Å². The lowest BCUT2D eigenvalue weighted by Crippen LogP contribution is -2.13. The number of amides is 1. The predicted octanol–water partition coefficient (Wildman–Crippen LogP) is 4.26. The van der Waals surface area contributed by atoms with Gasteiger partial charge in [-0.3, -0.25) is 4.79 Å². The normalized spacial score (nSPS) is 10.3. The average Bonchev–Trinajstić information content (AvgIpc) is 2.36. The van der Waals surface area contributed by atoms with Crippen LogP contribution in [-0.2, 0) is 0 Å². The van der Waals surface area contributed by atoms with Gasteiger partial charge in [0.05, 0.1) is 11.9 Å². The number of rotatable bonds is 2. The van der Waals surface area contributed by atoms with Gasteiger partial charge in [-0.2, -0.15) is 0 Å². The lowest BCUT2D eigenvalue weighted by atomic mass is 10.1. The second kappa shape index (κ2) is 5.59. The molecule has 2 aromatic rings. The monoisotopic (exact) mass is 294 g/mol. The van der Waals surface area contributed by atoms with E-state index in [4.69, 9.17) is 23.2 Å². The van der Waals surface area contributed by atoms with Crippen molar-refractivity contribution < 1.29 is 4.79 Å². The topological polar surface area (TPSA) is 42.0 Å². The first-order valence-corrected chi connectivity index (χ1v) is 6.42. The van der Waals surface area contributed by atoms with E-state index in [1.165, 1.54) is 6.20 Å². The standard InChI is InChI=1S/C14H12Cl2N2O/c1-8-3-4-10(15)6-12(8)14(19)18-11-5-9(2)13(16)17-7-11/h3-7H,1-2H3,(H,18,19). The van der Waals surface area contributed by atoms with Gasteiger partial charge in [0.2, 0.25) is 0 Å². The van der Waals surface area contributed by atoms with Gasteiger partial charge in [0.15, 0.2) is 0 Å². The molecule has 1 N–H and O–H groups in total. The van der Waals surface area contributed by atoms with Gasteiger partial charge >= 0.3 is 0 Å². The largest absolute Gasteiger partial charge is 0.321 e. The van der Waals surface area contributed by atoms with Crippen LogP contribution in [0.4, 0.5) is 5.69 Å². The lowest BCUT2D eigenvalue weighted by Gasteiger charge is -2.08. The molecule has 98 valence electrons. The number of carbonyl (C=O) groups excluding carboxylic acids is 1. The van der Waals surface area contributed by atoms with E-state index < -0.39 is 0 Å². The zero-order chi connectivity index (χ0) is 14.0. The summed E-state index contributed by atoms with van der Waals surface area (Å²) < 4.78 is 0. The van der Waals surface area contributed by atoms with Gasteiger partial charge in [0, 0.05) is 10.6 Å². The molecular weight excluding hydrogens is 283 g/mol. The first kappa shape index (κ1) is 13.8. The van der Waals surface area contributed by atoms with Crippen molar-refractivity contribution in [3.63, 3.8) is 0 Å². The first-order valence-electron chi connectivity index (χ1n) is 5.67. The molecule has 1 heterocycles. The SMILES string of the molecule is Cc1ccc(Cl)cc1C(=O)Nc1cnc(Cl)c(C)c1. The summed E-state index contributed by atoms with van der Waals surface area (Å²) in [7, 11) is 0. The Hall–Kier alpha value is -1.58. The molecular formula is C14H12Cl2N2O. The van der Waals surface area contributed by atoms with Crippen molar-refractivity contribution in [2.24, 2.45) is 0 Å². The minimum absolute atomic E-state index is 0.219. The lowest BCUT2D eigenvalue weighted by molar-refractivity contribution is 0.102. The van der Waals surface area contributed by atoms with Crippen molar-refractivity contribution in [3.8, 4) is 0 Å². The Balaban J connectivity index is 2.25. The van der Waals surface area contributed by atoms with E-state index in [-0.39, 0.29) is 5.91 Å². The van der Waals surface area contributed by atoms with Crippen molar-refractivity contribution in [2.45, 2.75) is 13.8 Å². The van der Waals surface area contributed by atoms with Gasteiger partial charge in [-0.25, -0.2) is 4.98 Å².